The lowest BCUT2D eigenvalue weighted by Gasteiger charge is -2.22. The summed E-state index contributed by atoms with van der Waals surface area (Å²) in [4.78, 5) is 11.2. The molecule has 0 spiro atoms. The minimum absolute atomic E-state index is 0.605. The van der Waals surface area contributed by atoms with E-state index < -0.39 is 0 Å². The van der Waals surface area contributed by atoms with Crippen LogP contribution >= 0.6 is 0 Å². The lowest BCUT2D eigenvalue weighted by molar-refractivity contribution is 0.462. The molecule has 0 atom stereocenters. The van der Waals surface area contributed by atoms with Gasteiger partial charge in [-0.25, -0.2) is 9.98 Å². The lowest BCUT2D eigenvalue weighted by atomic mass is 10.2. The van der Waals surface area contributed by atoms with E-state index in [1.807, 2.05) is 29.2 Å². The fraction of sp³-hybridized carbons (Fsp3) is 0.300. The normalized spacial score (nSPS) is 11.6. The Labute approximate surface area is 154 Å². The topological polar surface area (TPSA) is 50.4 Å². The summed E-state index contributed by atoms with van der Waals surface area (Å²) in [5.74, 6) is 0.897. The van der Waals surface area contributed by atoms with Crippen molar-refractivity contribution in [2.75, 3.05) is 13.6 Å². The van der Waals surface area contributed by atoms with E-state index in [-0.39, 0.29) is 0 Å². The molecule has 3 rings (SSSR count). The number of guanidine groups is 1. The maximum Gasteiger partial charge on any atom is 0.194 e. The molecule has 0 bridgehead atoms. The molecule has 136 valence electrons. The second kappa shape index (κ2) is 8.38. The van der Waals surface area contributed by atoms with Gasteiger partial charge in [-0.2, -0.15) is 0 Å². The van der Waals surface area contributed by atoms with Crippen LogP contribution in [0.4, 0.5) is 0 Å². The molecule has 0 unspecified atom stereocenters. The van der Waals surface area contributed by atoms with Crippen molar-refractivity contribution in [2.45, 2.75) is 20.0 Å². The van der Waals surface area contributed by atoms with Crippen molar-refractivity contribution in [3.63, 3.8) is 0 Å². The standard InChI is InChI=1S/C20H26N6/c1-4-22-20(25(3)15-18-9-7-12-24(18)2)23-14-17-8-5-6-10-19(17)26-13-11-21-16-26/h5-13,16H,4,14-15H2,1-3H3,(H,22,23). The Hall–Kier alpha value is -3.02. The van der Waals surface area contributed by atoms with Gasteiger partial charge in [0.2, 0.25) is 0 Å². The highest BCUT2D eigenvalue weighted by molar-refractivity contribution is 5.79. The van der Waals surface area contributed by atoms with E-state index in [0.29, 0.717) is 6.54 Å². The van der Waals surface area contributed by atoms with Crippen LogP contribution in [0.1, 0.15) is 18.2 Å². The molecule has 0 fully saturated rings. The monoisotopic (exact) mass is 350 g/mol. The first-order chi connectivity index (χ1) is 12.7. The van der Waals surface area contributed by atoms with Crippen molar-refractivity contribution in [2.24, 2.45) is 12.0 Å². The molecular formula is C20H26N6. The van der Waals surface area contributed by atoms with Crippen LogP contribution in [-0.2, 0) is 20.1 Å². The number of aryl methyl sites for hydroxylation is 1. The predicted molar refractivity (Wildman–Crippen MR) is 105 cm³/mol. The summed E-state index contributed by atoms with van der Waals surface area (Å²) < 4.78 is 4.15. The minimum atomic E-state index is 0.605. The molecule has 2 heterocycles. The lowest BCUT2D eigenvalue weighted by Crippen LogP contribution is -2.38. The smallest absolute Gasteiger partial charge is 0.194 e. The Morgan fingerprint density at radius 1 is 1.19 bits per heavy atom. The largest absolute Gasteiger partial charge is 0.357 e. The molecule has 26 heavy (non-hydrogen) atoms. The SMILES string of the molecule is CCNC(=NCc1ccccc1-n1ccnc1)N(C)Cc1cccn1C. The second-order valence-electron chi connectivity index (χ2n) is 6.24. The van der Waals surface area contributed by atoms with Crippen molar-refractivity contribution in [3.8, 4) is 5.69 Å². The molecular weight excluding hydrogens is 324 g/mol. The van der Waals surface area contributed by atoms with E-state index in [0.717, 1.165) is 30.3 Å². The summed E-state index contributed by atoms with van der Waals surface area (Å²) in [6.07, 6.45) is 7.62. The van der Waals surface area contributed by atoms with Gasteiger partial charge in [-0.05, 0) is 30.7 Å². The summed E-state index contributed by atoms with van der Waals surface area (Å²) in [6, 6.07) is 12.5. The number of imidazole rings is 1. The predicted octanol–water partition coefficient (Wildman–Crippen LogP) is 2.81. The third-order valence-electron chi connectivity index (χ3n) is 4.32. The average molecular weight is 350 g/mol. The highest BCUT2D eigenvalue weighted by Gasteiger charge is 2.09. The summed E-state index contributed by atoms with van der Waals surface area (Å²) in [6.45, 7) is 4.33. The second-order valence-corrected chi connectivity index (χ2v) is 6.24. The van der Waals surface area contributed by atoms with Gasteiger partial charge in [0.25, 0.3) is 0 Å². The molecule has 0 saturated heterocycles. The van der Waals surface area contributed by atoms with Gasteiger partial charge in [-0.1, -0.05) is 18.2 Å². The van der Waals surface area contributed by atoms with Gasteiger partial charge in [-0.15, -0.1) is 0 Å². The molecule has 6 nitrogen and oxygen atoms in total. The first-order valence-electron chi connectivity index (χ1n) is 8.85. The number of para-hydroxylation sites is 1. The van der Waals surface area contributed by atoms with Gasteiger partial charge in [0.1, 0.15) is 0 Å². The van der Waals surface area contributed by atoms with Crippen LogP contribution < -0.4 is 5.32 Å². The van der Waals surface area contributed by atoms with Crippen molar-refractivity contribution in [3.05, 3.63) is 72.6 Å². The number of rotatable bonds is 6. The van der Waals surface area contributed by atoms with Gasteiger partial charge < -0.3 is 19.4 Å². The summed E-state index contributed by atoms with van der Waals surface area (Å²) in [7, 11) is 4.13. The van der Waals surface area contributed by atoms with Crippen LogP contribution in [0.2, 0.25) is 0 Å². The minimum Gasteiger partial charge on any atom is -0.357 e. The van der Waals surface area contributed by atoms with Crippen molar-refractivity contribution < 1.29 is 0 Å². The maximum atomic E-state index is 4.85. The van der Waals surface area contributed by atoms with Gasteiger partial charge in [0.15, 0.2) is 5.96 Å². The van der Waals surface area contributed by atoms with Crippen LogP contribution in [0.25, 0.3) is 5.69 Å². The highest BCUT2D eigenvalue weighted by atomic mass is 15.3. The fourth-order valence-electron chi connectivity index (χ4n) is 2.91. The van der Waals surface area contributed by atoms with Crippen molar-refractivity contribution in [1.29, 1.82) is 0 Å². The molecule has 6 heteroatoms. The first-order valence-corrected chi connectivity index (χ1v) is 8.85. The Bertz CT molecular complexity index is 847. The number of hydrogen-bond acceptors (Lipinski definition) is 2. The Balaban J connectivity index is 1.79. The fourth-order valence-corrected chi connectivity index (χ4v) is 2.91. The molecule has 3 aromatic rings. The zero-order chi connectivity index (χ0) is 18.4. The average Bonchev–Trinajstić information content (AvgIpc) is 3.31. The Morgan fingerprint density at radius 3 is 2.73 bits per heavy atom. The number of benzene rings is 1. The van der Waals surface area contributed by atoms with Crippen molar-refractivity contribution >= 4 is 5.96 Å². The number of aromatic nitrogens is 3. The molecule has 2 aromatic heterocycles. The number of nitrogens with one attached hydrogen (secondary N) is 1. The zero-order valence-corrected chi connectivity index (χ0v) is 15.6. The number of aliphatic imine (C=N–C) groups is 1. The summed E-state index contributed by atoms with van der Waals surface area (Å²) in [5, 5.41) is 3.39. The van der Waals surface area contributed by atoms with Crippen LogP contribution in [0, 0.1) is 0 Å². The third kappa shape index (κ3) is 4.14. The van der Waals surface area contributed by atoms with E-state index >= 15 is 0 Å². The van der Waals surface area contributed by atoms with E-state index in [1.165, 1.54) is 5.69 Å². The highest BCUT2D eigenvalue weighted by Crippen LogP contribution is 2.15. The molecule has 0 saturated carbocycles. The quantitative estimate of drug-likeness (QED) is 0.549. The first kappa shape index (κ1) is 17.8. The number of nitrogens with zero attached hydrogens (tertiary/aromatic N) is 5. The maximum absolute atomic E-state index is 4.85. The van der Waals surface area contributed by atoms with Crippen molar-refractivity contribution in [1.82, 2.24) is 24.3 Å². The van der Waals surface area contributed by atoms with Crippen LogP contribution in [0.3, 0.4) is 0 Å². The summed E-state index contributed by atoms with van der Waals surface area (Å²) >= 11 is 0. The zero-order valence-electron chi connectivity index (χ0n) is 15.6. The van der Waals surface area contributed by atoms with Crippen LogP contribution in [-0.4, -0.2) is 38.6 Å². The summed E-state index contributed by atoms with van der Waals surface area (Å²) in [5.41, 5.74) is 3.51. The number of hydrogen-bond donors (Lipinski definition) is 1. The Kier molecular flexibility index (Phi) is 5.73. The Morgan fingerprint density at radius 2 is 2.04 bits per heavy atom. The van der Waals surface area contributed by atoms with Crippen LogP contribution in [0.5, 0.6) is 0 Å². The van der Waals surface area contributed by atoms with E-state index in [9.17, 15) is 0 Å². The van der Waals surface area contributed by atoms with E-state index in [1.54, 1.807) is 6.20 Å². The molecule has 0 amide bonds. The van der Waals surface area contributed by atoms with E-state index in [4.69, 9.17) is 4.99 Å². The van der Waals surface area contributed by atoms with Gasteiger partial charge in [0, 0.05) is 44.9 Å². The van der Waals surface area contributed by atoms with E-state index in [2.05, 4.69) is 71.2 Å². The molecule has 1 aromatic carbocycles. The van der Waals surface area contributed by atoms with Gasteiger partial charge >= 0.3 is 0 Å². The van der Waals surface area contributed by atoms with Gasteiger partial charge in [-0.3, -0.25) is 0 Å². The molecule has 0 aliphatic carbocycles. The van der Waals surface area contributed by atoms with Crippen LogP contribution in [0.15, 0.2) is 66.3 Å². The third-order valence-corrected chi connectivity index (χ3v) is 4.32. The molecule has 0 aliphatic heterocycles. The molecule has 0 radical (unpaired) electrons. The van der Waals surface area contributed by atoms with Gasteiger partial charge in [0.05, 0.1) is 25.1 Å². The molecule has 0 aliphatic rings. The molecule has 1 N–H and O–H groups in total.